The number of carbonyl (C=O) groups is 1. The van der Waals surface area contributed by atoms with Crippen LogP contribution in [0.25, 0.3) is 0 Å². The highest BCUT2D eigenvalue weighted by molar-refractivity contribution is 5.95. The van der Waals surface area contributed by atoms with Crippen LogP contribution in [0, 0.1) is 15.9 Å². The number of non-ortho nitro benzene ring substituents is 1. The molecule has 21 heavy (non-hydrogen) atoms. The van der Waals surface area contributed by atoms with Gasteiger partial charge in [0.15, 0.2) is 0 Å². The molecule has 1 saturated heterocycles. The summed E-state index contributed by atoms with van der Waals surface area (Å²) in [6, 6.07) is 2.93. The Hall–Kier alpha value is -2.02. The first-order valence-corrected chi connectivity index (χ1v) is 6.89. The maximum atomic E-state index is 13.4. The Morgan fingerprint density at radius 2 is 2.24 bits per heavy atom. The molecule has 0 radical (unpaired) electrons. The monoisotopic (exact) mass is 296 g/mol. The van der Waals surface area contributed by atoms with E-state index in [9.17, 15) is 19.3 Å². The third kappa shape index (κ3) is 3.55. The summed E-state index contributed by atoms with van der Waals surface area (Å²) >= 11 is 0. The SMILES string of the molecule is O=C(c1cc(F)cc([N+](=O)[O-])c1)N1CCCC1CCCO. The first kappa shape index (κ1) is 15.4. The smallest absolute Gasteiger partial charge is 0.273 e. The number of aliphatic hydroxyl groups is 1. The van der Waals surface area contributed by atoms with Gasteiger partial charge in [-0.2, -0.15) is 0 Å². The molecule has 0 saturated carbocycles. The normalized spacial score (nSPS) is 18.0. The van der Waals surface area contributed by atoms with Crippen molar-refractivity contribution in [3.05, 3.63) is 39.7 Å². The molecule has 0 bridgehead atoms. The maximum absolute atomic E-state index is 13.4. The van der Waals surface area contributed by atoms with Gasteiger partial charge in [-0.05, 0) is 31.7 Å². The largest absolute Gasteiger partial charge is 0.396 e. The third-order valence-electron chi connectivity index (χ3n) is 3.67. The van der Waals surface area contributed by atoms with E-state index in [0.717, 1.165) is 31.0 Å². The molecule has 114 valence electrons. The van der Waals surface area contributed by atoms with Gasteiger partial charge >= 0.3 is 0 Å². The van der Waals surface area contributed by atoms with Crippen molar-refractivity contribution >= 4 is 11.6 Å². The Labute approximate surface area is 121 Å². The summed E-state index contributed by atoms with van der Waals surface area (Å²) in [7, 11) is 0. The lowest BCUT2D eigenvalue weighted by Crippen LogP contribution is -2.35. The minimum Gasteiger partial charge on any atom is -0.396 e. The second-order valence-corrected chi connectivity index (χ2v) is 5.12. The van der Waals surface area contributed by atoms with Crippen molar-refractivity contribution in [3.8, 4) is 0 Å². The molecule has 1 unspecified atom stereocenters. The van der Waals surface area contributed by atoms with Gasteiger partial charge in [-0.15, -0.1) is 0 Å². The van der Waals surface area contributed by atoms with Gasteiger partial charge in [-0.25, -0.2) is 4.39 Å². The fraction of sp³-hybridized carbons (Fsp3) is 0.500. The first-order valence-electron chi connectivity index (χ1n) is 6.89. The topological polar surface area (TPSA) is 83.7 Å². The number of rotatable bonds is 5. The average molecular weight is 296 g/mol. The van der Waals surface area contributed by atoms with E-state index in [-0.39, 0.29) is 18.2 Å². The van der Waals surface area contributed by atoms with Gasteiger partial charge in [-0.3, -0.25) is 14.9 Å². The summed E-state index contributed by atoms with van der Waals surface area (Å²) in [6.07, 6.45) is 2.96. The lowest BCUT2D eigenvalue weighted by molar-refractivity contribution is -0.385. The number of nitrogens with zero attached hydrogens (tertiary/aromatic N) is 2. The maximum Gasteiger partial charge on any atom is 0.273 e. The number of amides is 1. The van der Waals surface area contributed by atoms with Crippen LogP contribution in [-0.4, -0.2) is 40.0 Å². The van der Waals surface area contributed by atoms with Gasteiger partial charge in [0.2, 0.25) is 0 Å². The molecule has 1 amide bonds. The van der Waals surface area contributed by atoms with Crippen LogP contribution in [0.4, 0.5) is 10.1 Å². The van der Waals surface area contributed by atoms with E-state index in [1.807, 2.05) is 0 Å². The molecule has 0 spiro atoms. The van der Waals surface area contributed by atoms with Crippen LogP contribution in [0.5, 0.6) is 0 Å². The highest BCUT2D eigenvalue weighted by Gasteiger charge is 2.29. The van der Waals surface area contributed by atoms with Gasteiger partial charge in [-0.1, -0.05) is 0 Å². The summed E-state index contributed by atoms with van der Waals surface area (Å²) in [5.74, 6) is -1.18. The lowest BCUT2D eigenvalue weighted by Gasteiger charge is -2.24. The van der Waals surface area contributed by atoms with E-state index in [1.165, 1.54) is 0 Å². The van der Waals surface area contributed by atoms with Crippen LogP contribution in [0.3, 0.4) is 0 Å². The molecule has 0 aliphatic carbocycles. The number of nitro groups is 1. The Bertz CT molecular complexity index is 550. The van der Waals surface area contributed by atoms with E-state index in [0.29, 0.717) is 19.4 Å². The zero-order valence-electron chi connectivity index (χ0n) is 11.5. The van der Waals surface area contributed by atoms with Crippen molar-refractivity contribution in [2.45, 2.75) is 31.7 Å². The summed E-state index contributed by atoms with van der Waals surface area (Å²) in [6.45, 7) is 0.614. The third-order valence-corrected chi connectivity index (χ3v) is 3.67. The van der Waals surface area contributed by atoms with Crippen LogP contribution >= 0.6 is 0 Å². The standard InChI is InChI=1S/C14H17FN2O4/c15-11-7-10(8-13(9-11)17(20)21)14(19)16-5-1-3-12(16)4-2-6-18/h7-9,12,18H,1-6H2. The van der Waals surface area contributed by atoms with E-state index in [4.69, 9.17) is 5.11 Å². The number of nitro benzene ring substituents is 1. The van der Waals surface area contributed by atoms with Crippen molar-refractivity contribution < 1.29 is 19.2 Å². The van der Waals surface area contributed by atoms with Crippen LogP contribution in [0.15, 0.2) is 18.2 Å². The fourth-order valence-corrected chi connectivity index (χ4v) is 2.70. The number of benzene rings is 1. The number of hydrogen-bond donors (Lipinski definition) is 1. The number of halogens is 1. The Balaban J connectivity index is 2.21. The Kier molecular flexibility index (Phi) is 4.85. The molecule has 1 heterocycles. The first-order chi connectivity index (χ1) is 10.0. The average Bonchev–Trinajstić information content (AvgIpc) is 2.91. The van der Waals surface area contributed by atoms with Gasteiger partial charge in [0.1, 0.15) is 5.82 Å². The van der Waals surface area contributed by atoms with Crippen molar-refractivity contribution in [1.29, 1.82) is 0 Å². The molecule has 1 atom stereocenters. The zero-order chi connectivity index (χ0) is 15.4. The summed E-state index contributed by atoms with van der Waals surface area (Å²) < 4.78 is 13.4. The minimum atomic E-state index is -0.793. The Morgan fingerprint density at radius 3 is 2.90 bits per heavy atom. The molecule has 1 aromatic rings. The van der Waals surface area contributed by atoms with Crippen LogP contribution in [0.1, 0.15) is 36.0 Å². The molecule has 2 rings (SSSR count). The quantitative estimate of drug-likeness (QED) is 0.666. The molecule has 1 N–H and O–H groups in total. The molecule has 1 aromatic carbocycles. The van der Waals surface area contributed by atoms with E-state index in [2.05, 4.69) is 0 Å². The number of carbonyl (C=O) groups excluding carboxylic acids is 1. The molecule has 1 fully saturated rings. The molecular weight excluding hydrogens is 279 g/mol. The van der Waals surface area contributed by atoms with E-state index in [1.54, 1.807) is 4.90 Å². The molecule has 0 aromatic heterocycles. The van der Waals surface area contributed by atoms with Crippen LogP contribution in [-0.2, 0) is 0 Å². The fourth-order valence-electron chi connectivity index (χ4n) is 2.70. The number of likely N-dealkylation sites (tertiary alicyclic amines) is 1. The minimum absolute atomic E-state index is 0.00222. The Morgan fingerprint density at radius 1 is 1.48 bits per heavy atom. The van der Waals surface area contributed by atoms with Crippen LogP contribution in [0.2, 0.25) is 0 Å². The van der Waals surface area contributed by atoms with Gasteiger partial charge in [0.05, 0.1) is 11.0 Å². The summed E-state index contributed by atoms with van der Waals surface area (Å²) in [5.41, 5.74) is -0.429. The molecule has 6 nitrogen and oxygen atoms in total. The van der Waals surface area contributed by atoms with Gasteiger partial charge < -0.3 is 10.0 Å². The zero-order valence-corrected chi connectivity index (χ0v) is 11.5. The predicted octanol–water partition coefficient (Wildman–Crippen LogP) is 2.11. The van der Waals surface area contributed by atoms with Crippen molar-refractivity contribution in [2.75, 3.05) is 13.2 Å². The molecular formula is C14H17FN2O4. The van der Waals surface area contributed by atoms with Gasteiger partial charge in [0, 0.05) is 30.8 Å². The van der Waals surface area contributed by atoms with Crippen molar-refractivity contribution in [2.24, 2.45) is 0 Å². The molecule has 7 heteroatoms. The number of aliphatic hydroxyl groups excluding tert-OH is 1. The van der Waals surface area contributed by atoms with E-state index < -0.39 is 22.3 Å². The van der Waals surface area contributed by atoms with Gasteiger partial charge in [0.25, 0.3) is 11.6 Å². The predicted molar refractivity (Wildman–Crippen MR) is 73.4 cm³/mol. The summed E-state index contributed by atoms with van der Waals surface area (Å²) in [5, 5.41) is 19.6. The summed E-state index contributed by atoms with van der Waals surface area (Å²) in [4.78, 5) is 24.1. The molecule has 1 aliphatic heterocycles. The second-order valence-electron chi connectivity index (χ2n) is 5.12. The highest BCUT2D eigenvalue weighted by atomic mass is 19.1. The highest BCUT2D eigenvalue weighted by Crippen LogP contribution is 2.25. The van der Waals surface area contributed by atoms with Crippen molar-refractivity contribution in [3.63, 3.8) is 0 Å². The molecule has 1 aliphatic rings. The number of hydrogen-bond acceptors (Lipinski definition) is 4. The lowest BCUT2D eigenvalue weighted by atomic mass is 10.1. The second kappa shape index (κ2) is 6.62. The van der Waals surface area contributed by atoms with E-state index >= 15 is 0 Å². The van der Waals surface area contributed by atoms with Crippen molar-refractivity contribution in [1.82, 2.24) is 4.90 Å². The van der Waals surface area contributed by atoms with Crippen LogP contribution < -0.4 is 0 Å².